The van der Waals surface area contributed by atoms with Gasteiger partial charge in [-0.2, -0.15) is 0 Å². The molecule has 2 rings (SSSR count). The van der Waals surface area contributed by atoms with Crippen LogP contribution in [-0.4, -0.2) is 31.8 Å². The van der Waals surface area contributed by atoms with E-state index in [0.717, 1.165) is 38.5 Å². The molecule has 0 atom stereocenters. The van der Waals surface area contributed by atoms with Crippen LogP contribution in [0.1, 0.15) is 25.7 Å². The summed E-state index contributed by atoms with van der Waals surface area (Å²) in [5, 5.41) is 3.48. The van der Waals surface area contributed by atoms with Crippen LogP contribution in [0.15, 0.2) is 0 Å². The summed E-state index contributed by atoms with van der Waals surface area (Å²) in [6, 6.07) is 0. The molecule has 0 aromatic heterocycles. The minimum absolute atomic E-state index is 0.00708. The minimum Gasteiger partial charge on any atom is -0.381 e. The third-order valence-corrected chi connectivity index (χ3v) is 3.10. The van der Waals surface area contributed by atoms with Crippen molar-refractivity contribution in [1.82, 2.24) is 5.32 Å². The minimum atomic E-state index is 0.00708. The Labute approximate surface area is 80.0 Å². The molecule has 2 aliphatic rings. The predicted molar refractivity (Wildman–Crippen MR) is 52.6 cm³/mol. The van der Waals surface area contributed by atoms with Crippen molar-refractivity contribution >= 4 is 0 Å². The molecule has 76 valence electrons. The molecule has 1 aliphatic heterocycles. The van der Waals surface area contributed by atoms with Crippen molar-refractivity contribution in [1.29, 1.82) is 0 Å². The highest BCUT2D eigenvalue weighted by Crippen LogP contribution is 2.27. The van der Waals surface area contributed by atoms with Gasteiger partial charge in [0.25, 0.3) is 0 Å². The van der Waals surface area contributed by atoms with Gasteiger partial charge in [-0.15, -0.1) is 0 Å². The molecule has 1 saturated heterocycles. The summed E-state index contributed by atoms with van der Waals surface area (Å²) >= 11 is 0. The van der Waals surface area contributed by atoms with Gasteiger partial charge >= 0.3 is 0 Å². The number of rotatable bonds is 4. The fourth-order valence-electron chi connectivity index (χ4n) is 1.80. The lowest BCUT2D eigenvalue weighted by atomic mass is 9.91. The Morgan fingerprint density at radius 1 is 1.31 bits per heavy atom. The van der Waals surface area contributed by atoms with Crippen LogP contribution in [0.5, 0.6) is 0 Å². The molecule has 1 aliphatic carbocycles. The van der Waals surface area contributed by atoms with E-state index in [0.29, 0.717) is 0 Å². The molecule has 2 fully saturated rings. The van der Waals surface area contributed by atoms with E-state index in [-0.39, 0.29) is 5.54 Å². The molecule has 3 nitrogen and oxygen atoms in total. The molecule has 3 heteroatoms. The van der Waals surface area contributed by atoms with E-state index in [1.807, 2.05) is 0 Å². The van der Waals surface area contributed by atoms with Gasteiger partial charge in [0.1, 0.15) is 0 Å². The molecular weight excluding hydrogens is 164 g/mol. The summed E-state index contributed by atoms with van der Waals surface area (Å²) in [4.78, 5) is 0. The van der Waals surface area contributed by atoms with E-state index >= 15 is 0 Å². The first-order chi connectivity index (χ1) is 6.29. The highest BCUT2D eigenvalue weighted by atomic mass is 16.5. The molecule has 0 radical (unpaired) electrons. The zero-order valence-corrected chi connectivity index (χ0v) is 8.22. The van der Waals surface area contributed by atoms with E-state index in [1.54, 1.807) is 0 Å². The second-order valence-corrected chi connectivity index (χ2v) is 4.55. The van der Waals surface area contributed by atoms with Gasteiger partial charge < -0.3 is 15.8 Å². The first kappa shape index (κ1) is 9.44. The smallest absolute Gasteiger partial charge is 0.0484 e. The second-order valence-electron chi connectivity index (χ2n) is 4.55. The highest BCUT2D eigenvalue weighted by Gasteiger charge is 2.28. The predicted octanol–water partition coefficient (Wildman–Crippen LogP) is 0.494. The van der Waals surface area contributed by atoms with Crippen molar-refractivity contribution in [3.63, 3.8) is 0 Å². The van der Waals surface area contributed by atoms with Crippen molar-refractivity contribution < 1.29 is 4.74 Å². The van der Waals surface area contributed by atoms with Gasteiger partial charge in [-0.25, -0.2) is 0 Å². The summed E-state index contributed by atoms with van der Waals surface area (Å²) in [6.45, 7) is 3.80. The number of hydrogen-bond acceptors (Lipinski definition) is 3. The SMILES string of the molecule is NC1(CNCC2CC2)CCOCC1. The molecular formula is C10H20N2O. The Kier molecular flexibility index (Phi) is 2.86. The highest BCUT2D eigenvalue weighted by molar-refractivity contribution is 4.89. The topological polar surface area (TPSA) is 47.3 Å². The molecule has 0 amide bonds. The first-order valence-corrected chi connectivity index (χ1v) is 5.36. The van der Waals surface area contributed by atoms with E-state index in [1.165, 1.54) is 19.4 Å². The van der Waals surface area contributed by atoms with E-state index in [4.69, 9.17) is 10.5 Å². The summed E-state index contributed by atoms with van der Waals surface area (Å²) in [5.41, 5.74) is 6.23. The van der Waals surface area contributed by atoms with Crippen LogP contribution in [-0.2, 0) is 4.74 Å². The first-order valence-electron chi connectivity index (χ1n) is 5.36. The summed E-state index contributed by atoms with van der Waals surface area (Å²) < 4.78 is 5.30. The third kappa shape index (κ3) is 2.93. The number of ether oxygens (including phenoxy) is 1. The second kappa shape index (κ2) is 3.95. The average Bonchev–Trinajstić information content (AvgIpc) is 2.89. The van der Waals surface area contributed by atoms with Crippen LogP contribution < -0.4 is 11.1 Å². The lowest BCUT2D eigenvalue weighted by Crippen LogP contribution is -2.52. The number of hydrogen-bond donors (Lipinski definition) is 2. The van der Waals surface area contributed by atoms with Gasteiger partial charge in [-0.1, -0.05) is 0 Å². The molecule has 0 spiro atoms. The average molecular weight is 184 g/mol. The van der Waals surface area contributed by atoms with Crippen LogP contribution in [0.3, 0.4) is 0 Å². The van der Waals surface area contributed by atoms with E-state index in [9.17, 15) is 0 Å². The molecule has 0 unspecified atom stereocenters. The Morgan fingerprint density at radius 3 is 2.62 bits per heavy atom. The number of nitrogens with two attached hydrogens (primary N) is 1. The summed E-state index contributed by atoms with van der Waals surface area (Å²) in [7, 11) is 0. The van der Waals surface area contributed by atoms with Gasteiger partial charge in [0.15, 0.2) is 0 Å². The van der Waals surface area contributed by atoms with Crippen molar-refractivity contribution in [3.8, 4) is 0 Å². The van der Waals surface area contributed by atoms with Crippen molar-refractivity contribution in [2.24, 2.45) is 11.7 Å². The maximum absolute atomic E-state index is 6.22. The molecule has 1 heterocycles. The lowest BCUT2D eigenvalue weighted by molar-refractivity contribution is 0.0531. The van der Waals surface area contributed by atoms with Gasteiger partial charge in [0.2, 0.25) is 0 Å². The standard InChI is InChI=1S/C10H20N2O/c11-10(3-5-13-6-4-10)8-12-7-9-1-2-9/h9,12H,1-8,11H2. The molecule has 0 aromatic carbocycles. The van der Waals surface area contributed by atoms with Crippen LogP contribution in [0.2, 0.25) is 0 Å². The van der Waals surface area contributed by atoms with Gasteiger partial charge in [0.05, 0.1) is 0 Å². The summed E-state index contributed by atoms with van der Waals surface area (Å²) in [5.74, 6) is 0.948. The van der Waals surface area contributed by atoms with E-state index < -0.39 is 0 Å². The van der Waals surface area contributed by atoms with Crippen molar-refractivity contribution in [2.75, 3.05) is 26.3 Å². The largest absolute Gasteiger partial charge is 0.381 e. The Bertz CT molecular complexity index is 162. The van der Waals surface area contributed by atoms with Crippen LogP contribution in [0, 0.1) is 5.92 Å². The van der Waals surface area contributed by atoms with Crippen LogP contribution >= 0.6 is 0 Å². The Hall–Kier alpha value is -0.120. The van der Waals surface area contributed by atoms with Gasteiger partial charge in [-0.05, 0) is 38.1 Å². The van der Waals surface area contributed by atoms with Crippen molar-refractivity contribution in [3.05, 3.63) is 0 Å². The maximum Gasteiger partial charge on any atom is 0.0484 e. The quantitative estimate of drug-likeness (QED) is 0.668. The maximum atomic E-state index is 6.22. The molecule has 13 heavy (non-hydrogen) atoms. The Morgan fingerprint density at radius 2 is 2.00 bits per heavy atom. The molecule has 0 aromatic rings. The molecule has 3 N–H and O–H groups in total. The zero-order chi connectivity index (χ0) is 9.15. The molecule has 1 saturated carbocycles. The fraction of sp³-hybridized carbons (Fsp3) is 1.00. The van der Waals surface area contributed by atoms with E-state index in [2.05, 4.69) is 5.32 Å². The van der Waals surface area contributed by atoms with Crippen LogP contribution in [0.25, 0.3) is 0 Å². The van der Waals surface area contributed by atoms with Crippen LogP contribution in [0.4, 0.5) is 0 Å². The van der Waals surface area contributed by atoms with Crippen molar-refractivity contribution in [2.45, 2.75) is 31.2 Å². The van der Waals surface area contributed by atoms with Gasteiger partial charge in [0, 0.05) is 25.3 Å². The third-order valence-electron chi connectivity index (χ3n) is 3.10. The monoisotopic (exact) mass is 184 g/mol. The fourth-order valence-corrected chi connectivity index (χ4v) is 1.80. The lowest BCUT2D eigenvalue weighted by Gasteiger charge is -2.33. The molecule has 0 bridgehead atoms. The number of nitrogens with one attached hydrogen (secondary N) is 1. The Balaban J connectivity index is 1.64. The normalized spacial score (nSPS) is 27.5. The van der Waals surface area contributed by atoms with Gasteiger partial charge in [-0.3, -0.25) is 0 Å². The zero-order valence-electron chi connectivity index (χ0n) is 8.22. The summed E-state index contributed by atoms with van der Waals surface area (Å²) in [6.07, 6.45) is 4.83.